The minimum absolute atomic E-state index is 0.0553. The molecule has 1 aliphatic rings. The van der Waals surface area contributed by atoms with E-state index >= 15 is 0 Å². The molecule has 1 saturated heterocycles. The topological polar surface area (TPSA) is 70.1 Å². The molecule has 182 valence electrons. The van der Waals surface area contributed by atoms with Crippen molar-refractivity contribution >= 4 is 43.4 Å². The number of benzene rings is 3. The van der Waals surface area contributed by atoms with Crippen molar-refractivity contribution in [3.05, 3.63) is 54.1 Å². The van der Waals surface area contributed by atoms with E-state index in [1.165, 1.54) is 11.3 Å². The molecule has 5 rings (SSSR count). The summed E-state index contributed by atoms with van der Waals surface area (Å²) in [5.74, 6) is 1.71. The lowest BCUT2D eigenvalue weighted by atomic mass is 10.0. The van der Waals surface area contributed by atoms with Crippen LogP contribution in [0.25, 0.3) is 21.0 Å². The summed E-state index contributed by atoms with van der Waals surface area (Å²) in [6.07, 6.45) is 1.82. The molecule has 1 atom stereocenters. The number of amides is 1. The van der Waals surface area contributed by atoms with Crippen LogP contribution in [0.4, 0.5) is 5.13 Å². The lowest BCUT2D eigenvalue weighted by molar-refractivity contribution is 0.0916. The van der Waals surface area contributed by atoms with Gasteiger partial charge in [0.05, 0.1) is 39.0 Å². The molecule has 0 aliphatic carbocycles. The summed E-state index contributed by atoms with van der Waals surface area (Å²) >= 11 is 1.41. The summed E-state index contributed by atoms with van der Waals surface area (Å²) in [5.41, 5.74) is 1.20. The maximum atomic E-state index is 14.3. The highest BCUT2D eigenvalue weighted by molar-refractivity contribution is 7.22. The predicted molar refractivity (Wildman–Crippen MR) is 138 cm³/mol. The smallest absolute Gasteiger partial charge is 0.264 e. The lowest BCUT2D eigenvalue weighted by Crippen LogP contribution is -2.37. The first-order chi connectivity index (χ1) is 17.1. The van der Waals surface area contributed by atoms with Crippen LogP contribution in [-0.2, 0) is 4.74 Å². The van der Waals surface area contributed by atoms with E-state index in [0.717, 1.165) is 28.3 Å². The Morgan fingerprint density at radius 2 is 1.86 bits per heavy atom. The Hall–Kier alpha value is -3.36. The van der Waals surface area contributed by atoms with E-state index < -0.39 is 0 Å². The van der Waals surface area contributed by atoms with Crippen LogP contribution in [0.5, 0.6) is 17.2 Å². The second-order valence-electron chi connectivity index (χ2n) is 8.29. The molecule has 1 amide bonds. The average Bonchev–Trinajstić information content (AvgIpc) is 3.56. The van der Waals surface area contributed by atoms with Crippen molar-refractivity contribution in [1.82, 2.24) is 4.98 Å². The van der Waals surface area contributed by atoms with Crippen LogP contribution < -0.4 is 19.1 Å². The van der Waals surface area contributed by atoms with Crippen molar-refractivity contribution in [2.45, 2.75) is 25.9 Å². The molecule has 1 aromatic heterocycles. The quantitative estimate of drug-likeness (QED) is 0.315. The summed E-state index contributed by atoms with van der Waals surface area (Å²) in [6.45, 7) is 3.48. The number of carbonyl (C=O) groups is 1. The zero-order valence-electron chi connectivity index (χ0n) is 20.1. The minimum Gasteiger partial charge on any atom is -0.495 e. The molecular formula is C27H28N2O5S. The number of anilines is 1. The average molecular weight is 493 g/mol. The Bertz CT molecular complexity index is 1320. The van der Waals surface area contributed by atoms with E-state index in [4.69, 9.17) is 23.9 Å². The molecule has 4 aromatic rings. The number of hydrogen-bond acceptors (Lipinski definition) is 7. The third-order valence-electron chi connectivity index (χ3n) is 6.19. The van der Waals surface area contributed by atoms with Gasteiger partial charge in [-0.25, -0.2) is 4.98 Å². The Kier molecular flexibility index (Phi) is 6.74. The van der Waals surface area contributed by atoms with Gasteiger partial charge in [0, 0.05) is 6.61 Å². The largest absolute Gasteiger partial charge is 0.495 e. The van der Waals surface area contributed by atoms with Crippen molar-refractivity contribution in [1.29, 1.82) is 0 Å². The second-order valence-corrected chi connectivity index (χ2v) is 9.27. The molecule has 0 spiro atoms. The van der Waals surface area contributed by atoms with Crippen LogP contribution >= 0.6 is 11.3 Å². The Morgan fingerprint density at radius 1 is 1.09 bits per heavy atom. The number of methoxy groups -OCH3 is 2. The maximum Gasteiger partial charge on any atom is 0.264 e. The fourth-order valence-corrected chi connectivity index (χ4v) is 5.59. The van der Waals surface area contributed by atoms with Gasteiger partial charge in [-0.2, -0.15) is 0 Å². The molecule has 3 aromatic carbocycles. The highest BCUT2D eigenvalue weighted by atomic mass is 32.1. The molecular weight excluding hydrogens is 464 g/mol. The number of aromatic nitrogens is 1. The van der Waals surface area contributed by atoms with Crippen LogP contribution in [0.3, 0.4) is 0 Å². The van der Waals surface area contributed by atoms with Gasteiger partial charge >= 0.3 is 0 Å². The van der Waals surface area contributed by atoms with Crippen molar-refractivity contribution in [3.63, 3.8) is 0 Å². The van der Waals surface area contributed by atoms with Crippen molar-refractivity contribution in [2.75, 3.05) is 38.9 Å². The lowest BCUT2D eigenvalue weighted by Gasteiger charge is -2.24. The van der Waals surface area contributed by atoms with E-state index in [0.29, 0.717) is 53.2 Å². The molecule has 1 fully saturated rings. The van der Waals surface area contributed by atoms with Gasteiger partial charge in [0.25, 0.3) is 5.91 Å². The van der Waals surface area contributed by atoms with Gasteiger partial charge < -0.3 is 18.9 Å². The molecule has 8 heteroatoms. The third kappa shape index (κ3) is 4.39. The predicted octanol–water partition coefficient (Wildman–Crippen LogP) is 5.69. The first-order valence-electron chi connectivity index (χ1n) is 11.7. The molecule has 35 heavy (non-hydrogen) atoms. The second kappa shape index (κ2) is 10.1. The zero-order chi connectivity index (χ0) is 24.4. The Morgan fingerprint density at radius 3 is 2.60 bits per heavy atom. The fourth-order valence-electron chi connectivity index (χ4n) is 4.51. The SMILES string of the molecule is CCOc1ccc2ccccc2c1C(=O)N(CC1CCCO1)c1nc2c(OC)ccc(OC)c2s1. The molecule has 0 saturated carbocycles. The molecule has 1 aliphatic heterocycles. The van der Waals surface area contributed by atoms with Crippen LogP contribution in [0.1, 0.15) is 30.1 Å². The highest BCUT2D eigenvalue weighted by Gasteiger charge is 2.30. The molecule has 0 bridgehead atoms. The first kappa shape index (κ1) is 23.4. The van der Waals surface area contributed by atoms with E-state index in [1.54, 1.807) is 19.1 Å². The number of carbonyl (C=O) groups excluding carboxylic acids is 1. The van der Waals surface area contributed by atoms with Crippen LogP contribution in [-0.4, -0.2) is 51.0 Å². The van der Waals surface area contributed by atoms with Crippen LogP contribution in [0.2, 0.25) is 0 Å². The zero-order valence-corrected chi connectivity index (χ0v) is 20.9. The van der Waals surface area contributed by atoms with E-state index in [9.17, 15) is 4.79 Å². The summed E-state index contributed by atoms with van der Waals surface area (Å²) < 4.78 is 23.8. The molecule has 7 nitrogen and oxygen atoms in total. The molecule has 0 N–H and O–H groups in total. The molecule has 0 radical (unpaired) electrons. The van der Waals surface area contributed by atoms with Gasteiger partial charge in [-0.1, -0.05) is 41.7 Å². The van der Waals surface area contributed by atoms with Crippen molar-refractivity contribution in [3.8, 4) is 17.2 Å². The van der Waals surface area contributed by atoms with Gasteiger partial charge in [0.1, 0.15) is 27.5 Å². The Balaban J connectivity index is 1.67. The third-order valence-corrected chi connectivity index (χ3v) is 7.28. The standard InChI is InChI=1S/C27H28N2O5S/c1-4-33-20-12-11-17-8-5-6-10-19(17)23(20)26(30)29(16-18-9-7-15-34-18)27-28-24-21(31-2)13-14-22(32-3)25(24)35-27/h5-6,8,10-14,18H,4,7,9,15-16H2,1-3H3. The van der Waals surface area contributed by atoms with Gasteiger partial charge in [-0.15, -0.1) is 0 Å². The van der Waals surface area contributed by atoms with E-state index in [2.05, 4.69) is 0 Å². The molecule has 1 unspecified atom stereocenters. The van der Waals surface area contributed by atoms with Crippen LogP contribution in [0, 0.1) is 0 Å². The number of hydrogen-bond donors (Lipinski definition) is 0. The van der Waals surface area contributed by atoms with E-state index in [-0.39, 0.29) is 12.0 Å². The number of thiazole rings is 1. The summed E-state index contributed by atoms with van der Waals surface area (Å²) in [6, 6.07) is 15.4. The van der Waals surface area contributed by atoms with E-state index in [1.807, 2.05) is 55.5 Å². The number of rotatable bonds is 8. The maximum absolute atomic E-state index is 14.3. The molecule has 2 heterocycles. The Labute approximate surface area is 208 Å². The number of nitrogens with zero attached hydrogens (tertiary/aromatic N) is 2. The monoisotopic (exact) mass is 492 g/mol. The van der Waals surface area contributed by atoms with Gasteiger partial charge in [0.15, 0.2) is 5.13 Å². The normalized spacial score (nSPS) is 15.5. The van der Waals surface area contributed by atoms with Gasteiger partial charge in [-0.3, -0.25) is 9.69 Å². The summed E-state index contributed by atoms with van der Waals surface area (Å²) in [4.78, 5) is 20.9. The van der Waals surface area contributed by atoms with Crippen molar-refractivity contribution in [2.24, 2.45) is 0 Å². The summed E-state index contributed by atoms with van der Waals surface area (Å²) in [5, 5.41) is 2.39. The van der Waals surface area contributed by atoms with Crippen molar-refractivity contribution < 1.29 is 23.7 Å². The fraction of sp³-hybridized carbons (Fsp3) is 0.333. The number of ether oxygens (including phenoxy) is 4. The van der Waals surface area contributed by atoms with Crippen LogP contribution in [0.15, 0.2) is 48.5 Å². The first-order valence-corrected chi connectivity index (χ1v) is 12.6. The van der Waals surface area contributed by atoms with Gasteiger partial charge in [0.2, 0.25) is 0 Å². The number of fused-ring (bicyclic) bond motifs is 2. The minimum atomic E-state index is -0.169. The van der Waals surface area contributed by atoms with Gasteiger partial charge in [-0.05, 0) is 48.7 Å². The highest BCUT2D eigenvalue weighted by Crippen LogP contribution is 2.41. The summed E-state index contributed by atoms with van der Waals surface area (Å²) in [7, 11) is 3.24.